The van der Waals surface area contributed by atoms with Gasteiger partial charge in [0.05, 0.1) is 20.8 Å². The Morgan fingerprint density at radius 1 is 1.05 bits per heavy atom. The molecule has 1 heterocycles. The highest BCUT2D eigenvalue weighted by Crippen LogP contribution is 2.29. The molecule has 1 N–H and O–H groups in total. The molecule has 1 aliphatic carbocycles. The summed E-state index contributed by atoms with van der Waals surface area (Å²) in [6, 6.07) is 9.19. The average molecular weight is 344 g/mol. The smallest absolute Gasteiger partial charge is 0.219 e. The van der Waals surface area contributed by atoms with E-state index in [1.807, 2.05) is 0 Å². The predicted octanol–water partition coefficient (Wildman–Crippen LogP) is 5.09. The van der Waals surface area contributed by atoms with Gasteiger partial charge in [-0.1, -0.05) is 34.8 Å². The van der Waals surface area contributed by atoms with Crippen molar-refractivity contribution in [3.05, 3.63) is 51.1 Å². The van der Waals surface area contributed by atoms with Crippen LogP contribution >= 0.6 is 34.8 Å². The van der Waals surface area contributed by atoms with Gasteiger partial charge in [-0.25, -0.2) is 4.98 Å². The minimum absolute atomic E-state index is 0.443. The Kier molecular flexibility index (Phi) is 4.55. The molecular weight excluding hydrogens is 331 g/mol. The van der Waals surface area contributed by atoms with Gasteiger partial charge in [0.15, 0.2) is 0 Å². The van der Waals surface area contributed by atoms with Crippen LogP contribution in [-0.2, 0) is 6.54 Å². The molecule has 1 fully saturated rings. The minimum Gasteiger partial charge on any atom is -0.439 e. The van der Waals surface area contributed by atoms with Crippen molar-refractivity contribution in [2.24, 2.45) is 0 Å². The van der Waals surface area contributed by atoms with E-state index in [1.54, 1.807) is 30.3 Å². The fourth-order valence-electron chi connectivity index (χ4n) is 1.83. The summed E-state index contributed by atoms with van der Waals surface area (Å²) in [5.41, 5.74) is 0.779. The number of benzene rings is 1. The number of nitrogens with one attached hydrogen (secondary N) is 1. The van der Waals surface area contributed by atoms with Crippen LogP contribution in [0.25, 0.3) is 0 Å². The van der Waals surface area contributed by atoms with Gasteiger partial charge < -0.3 is 10.1 Å². The average Bonchev–Trinajstić information content (AvgIpc) is 3.28. The third-order valence-corrected chi connectivity index (χ3v) is 4.23. The van der Waals surface area contributed by atoms with Crippen LogP contribution in [0.15, 0.2) is 30.3 Å². The molecular formula is C15H13Cl3N2O. The maximum absolute atomic E-state index is 6.15. The van der Waals surface area contributed by atoms with Gasteiger partial charge >= 0.3 is 0 Å². The first-order valence-electron chi connectivity index (χ1n) is 6.63. The number of pyridine rings is 1. The largest absolute Gasteiger partial charge is 0.439 e. The lowest BCUT2D eigenvalue weighted by Crippen LogP contribution is -2.16. The van der Waals surface area contributed by atoms with Crippen molar-refractivity contribution in [2.75, 3.05) is 0 Å². The second kappa shape index (κ2) is 6.41. The molecule has 0 atom stereocenters. The zero-order valence-corrected chi connectivity index (χ0v) is 13.3. The Bertz CT molecular complexity index is 659. The zero-order valence-electron chi connectivity index (χ0n) is 11.1. The van der Waals surface area contributed by atoms with Crippen LogP contribution in [0.3, 0.4) is 0 Å². The third kappa shape index (κ3) is 4.01. The molecule has 0 unspecified atom stereocenters. The van der Waals surface area contributed by atoms with Gasteiger partial charge in [0.2, 0.25) is 5.88 Å². The van der Waals surface area contributed by atoms with Gasteiger partial charge in [0.1, 0.15) is 5.75 Å². The van der Waals surface area contributed by atoms with Crippen LogP contribution in [-0.4, -0.2) is 11.0 Å². The van der Waals surface area contributed by atoms with Gasteiger partial charge in [-0.2, -0.15) is 0 Å². The Morgan fingerprint density at radius 2 is 1.81 bits per heavy atom. The maximum atomic E-state index is 6.15. The van der Waals surface area contributed by atoms with E-state index < -0.39 is 0 Å². The van der Waals surface area contributed by atoms with Crippen molar-refractivity contribution in [2.45, 2.75) is 25.4 Å². The minimum atomic E-state index is 0.443. The number of rotatable bonds is 5. The summed E-state index contributed by atoms with van der Waals surface area (Å²) in [5.74, 6) is 1.06. The normalized spacial score (nSPS) is 14.2. The van der Waals surface area contributed by atoms with Gasteiger partial charge in [-0.15, -0.1) is 0 Å². The van der Waals surface area contributed by atoms with Crippen LogP contribution in [0.1, 0.15) is 18.5 Å². The number of hydrogen-bond donors (Lipinski definition) is 1. The molecule has 110 valence electrons. The quantitative estimate of drug-likeness (QED) is 0.821. The second-order valence-electron chi connectivity index (χ2n) is 4.91. The van der Waals surface area contributed by atoms with E-state index in [4.69, 9.17) is 39.5 Å². The fourth-order valence-corrected chi connectivity index (χ4v) is 2.29. The van der Waals surface area contributed by atoms with Gasteiger partial charge in [0, 0.05) is 24.7 Å². The zero-order chi connectivity index (χ0) is 14.8. The molecule has 1 aromatic carbocycles. The summed E-state index contributed by atoms with van der Waals surface area (Å²) in [7, 11) is 0. The van der Waals surface area contributed by atoms with E-state index in [2.05, 4.69) is 10.3 Å². The molecule has 0 bridgehead atoms. The van der Waals surface area contributed by atoms with Crippen LogP contribution in [0.4, 0.5) is 0 Å². The lowest BCUT2D eigenvalue weighted by Gasteiger charge is -2.09. The van der Waals surface area contributed by atoms with Crippen LogP contribution in [0, 0.1) is 0 Å². The van der Waals surface area contributed by atoms with Crippen LogP contribution in [0.5, 0.6) is 11.6 Å². The van der Waals surface area contributed by atoms with Gasteiger partial charge in [-0.3, -0.25) is 0 Å². The van der Waals surface area contributed by atoms with Crippen LogP contribution in [0.2, 0.25) is 15.1 Å². The first kappa shape index (κ1) is 14.9. The van der Waals surface area contributed by atoms with Crippen molar-refractivity contribution >= 4 is 34.8 Å². The Labute approximate surface area is 138 Å². The number of halogens is 3. The van der Waals surface area contributed by atoms with E-state index in [9.17, 15) is 0 Å². The lowest BCUT2D eigenvalue weighted by molar-refractivity contribution is 0.459. The molecule has 0 saturated heterocycles. The van der Waals surface area contributed by atoms with E-state index in [1.165, 1.54) is 12.8 Å². The number of nitrogens with zero attached hydrogens (tertiary/aromatic N) is 1. The highest BCUT2D eigenvalue weighted by Gasteiger charge is 2.20. The van der Waals surface area contributed by atoms with Crippen molar-refractivity contribution in [1.82, 2.24) is 10.3 Å². The molecule has 3 nitrogen and oxygen atoms in total. The predicted molar refractivity (Wildman–Crippen MR) is 85.6 cm³/mol. The summed E-state index contributed by atoms with van der Waals surface area (Å²) >= 11 is 18.0. The molecule has 0 aliphatic heterocycles. The van der Waals surface area contributed by atoms with E-state index >= 15 is 0 Å². The molecule has 1 aromatic heterocycles. The van der Waals surface area contributed by atoms with E-state index in [0.717, 1.165) is 5.69 Å². The van der Waals surface area contributed by atoms with Crippen LogP contribution < -0.4 is 10.1 Å². The first-order valence-corrected chi connectivity index (χ1v) is 7.77. The number of ether oxygens (including phenoxy) is 1. The Morgan fingerprint density at radius 3 is 2.52 bits per heavy atom. The Hall–Kier alpha value is -1.00. The fraction of sp³-hybridized carbons (Fsp3) is 0.267. The lowest BCUT2D eigenvalue weighted by atomic mass is 10.3. The summed E-state index contributed by atoms with van der Waals surface area (Å²) in [4.78, 5) is 4.43. The topological polar surface area (TPSA) is 34.1 Å². The van der Waals surface area contributed by atoms with Gasteiger partial charge in [0.25, 0.3) is 0 Å². The van der Waals surface area contributed by atoms with Crippen molar-refractivity contribution in [1.29, 1.82) is 0 Å². The first-order chi connectivity index (χ1) is 10.1. The summed E-state index contributed by atoms with van der Waals surface area (Å²) in [6.45, 7) is 0.641. The molecule has 0 amide bonds. The monoisotopic (exact) mass is 342 g/mol. The van der Waals surface area contributed by atoms with Crippen molar-refractivity contribution in [3.63, 3.8) is 0 Å². The molecule has 2 aromatic rings. The van der Waals surface area contributed by atoms with E-state index in [0.29, 0.717) is 39.3 Å². The number of aromatic nitrogens is 1. The summed E-state index contributed by atoms with van der Waals surface area (Å²) in [6.07, 6.45) is 2.44. The summed E-state index contributed by atoms with van der Waals surface area (Å²) in [5, 5.41) is 4.94. The second-order valence-corrected chi connectivity index (χ2v) is 6.13. The van der Waals surface area contributed by atoms with Gasteiger partial charge in [-0.05, 0) is 31.0 Å². The highest BCUT2D eigenvalue weighted by atomic mass is 35.5. The molecule has 1 aliphatic rings. The third-order valence-electron chi connectivity index (χ3n) is 3.14. The highest BCUT2D eigenvalue weighted by molar-refractivity contribution is 6.42. The molecule has 0 spiro atoms. The number of hydrogen-bond acceptors (Lipinski definition) is 3. The molecule has 21 heavy (non-hydrogen) atoms. The SMILES string of the molecule is Clc1ccc(Oc2ccc(Cl)c(CNC3CC3)n2)cc1Cl. The van der Waals surface area contributed by atoms with E-state index in [-0.39, 0.29) is 0 Å². The standard InChI is InChI=1S/C15H13Cl3N2O/c16-11-4-3-10(7-13(11)18)21-15-6-5-12(17)14(20-15)8-19-9-1-2-9/h3-7,9,19H,1-2,8H2. The molecule has 3 rings (SSSR count). The van der Waals surface area contributed by atoms with Crippen molar-refractivity contribution in [3.8, 4) is 11.6 Å². The Balaban J connectivity index is 1.74. The summed E-state index contributed by atoms with van der Waals surface area (Å²) < 4.78 is 5.69. The van der Waals surface area contributed by atoms with Crippen molar-refractivity contribution < 1.29 is 4.74 Å². The molecule has 6 heteroatoms. The molecule has 1 saturated carbocycles. The molecule has 0 radical (unpaired) electrons. The maximum Gasteiger partial charge on any atom is 0.219 e.